The molecule has 0 amide bonds. The second kappa shape index (κ2) is 3.71. The lowest BCUT2D eigenvalue weighted by molar-refractivity contribution is -0.118. The highest BCUT2D eigenvalue weighted by atomic mass is 16.5. The van der Waals surface area contributed by atoms with E-state index in [1.54, 1.807) is 0 Å². The van der Waals surface area contributed by atoms with Gasteiger partial charge in [-0.05, 0) is 13.5 Å². The molecule has 0 saturated heterocycles. The van der Waals surface area contributed by atoms with Gasteiger partial charge in [0, 0.05) is 13.1 Å². The van der Waals surface area contributed by atoms with Crippen molar-refractivity contribution >= 4 is 0 Å². The van der Waals surface area contributed by atoms with Crippen molar-refractivity contribution < 1.29 is 5.21 Å². The zero-order chi connectivity index (χ0) is 7.40. The van der Waals surface area contributed by atoms with Gasteiger partial charge < -0.3 is 10.5 Å². The van der Waals surface area contributed by atoms with Crippen molar-refractivity contribution in [3.05, 3.63) is 12.2 Å². The van der Waals surface area contributed by atoms with Gasteiger partial charge in [-0.25, -0.2) is 0 Å². The lowest BCUT2D eigenvalue weighted by Crippen LogP contribution is -2.40. The minimum Gasteiger partial charge on any atom is -0.318 e. The third kappa shape index (κ3) is 1.80. The topological polar surface area (TPSA) is 35.5 Å². The average Bonchev–Trinajstić information content (AvgIpc) is 1.94. The Morgan fingerprint density at radius 3 is 3.10 bits per heavy atom. The van der Waals surface area contributed by atoms with E-state index in [0.29, 0.717) is 6.54 Å². The van der Waals surface area contributed by atoms with Crippen molar-refractivity contribution in [2.75, 3.05) is 20.1 Å². The van der Waals surface area contributed by atoms with Crippen molar-refractivity contribution in [2.45, 2.75) is 12.5 Å². The lowest BCUT2D eigenvalue weighted by atomic mass is 10.1. The predicted octanol–water partition coefficient (Wildman–Crippen LogP) is 0.225. The van der Waals surface area contributed by atoms with Gasteiger partial charge in [0.05, 0.1) is 6.04 Å². The molecule has 0 bridgehead atoms. The van der Waals surface area contributed by atoms with E-state index in [0.717, 1.165) is 13.0 Å². The average molecular weight is 142 g/mol. The number of rotatable bonds is 2. The molecule has 58 valence electrons. The zero-order valence-corrected chi connectivity index (χ0v) is 6.25. The fourth-order valence-electron chi connectivity index (χ4n) is 1.13. The van der Waals surface area contributed by atoms with E-state index < -0.39 is 0 Å². The number of hydrogen-bond acceptors (Lipinski definition) is 3. The minimum atomic E-state index is 0.259. The molecule has 0 aromatic carbocycles. The first kappa shape index (κ1) is 7.72. The maximum atomic E-state index is 9.24. The first-order chi connectivity index (χ1) is 4.84. The van der Waals surface area contributed by atoms with E-state index in [1.165, 1.54) is 5.06 Å². The van der Waals surface area contributed by atoms with Crippen LogP contribution in [-0.4, -0.2) is 36.4 Å². The van der Waals surface area contributed by atoms with Gasteiger partial charge in [0.15, 0.2) is 0 Å². The van der Waals surface area contributed by atoms with Crippen LogP contribution in [0.1, 0.15) is 6.42 Å². The Hall–Kier alpha value is -0.380. The normalized spacial score (nSPS) is 27.2. The molecule has 0 saturated carbocycles. The summed E-state index contributed by atoms with van der Waals surface area (Å²) in [5, 5.41) is 13.6. The van der Waals surface area contributed by atoms with E-state index >= 15 is 0 Å². The Balaban J connectivity index is 2.35. The Bertz CT molecular complexity index is 125. The largest absolute Gasteiger partial charge is 0.318 e. The van der Waals surface area contributed by atoms with Crippen LogP contribution in [0.4, 0.5) is 0 Å². The van der Waals surface area contributed by atoms with Gasteiger partial charge in [0.2, 0.25) is 0 Å². The Morgan fingerprint density at radius 2 is 2.50 bits per heavy atom. The van der Waals surface area contributed by atoms with Crippen LogP contribution in [0.5, 0.6) is 0 Å². The van der Waals surface area contributed by atoms with Gasteiger partial charge in [-0.2, -0.15) is 5.06 Å². The second-order valence-electron chi connectivity index (χ2n) is 2.54. The molecule has 3 nitrogen and oxygen atoms in total. The van der Waals surface area contributed by atoms with Gasteiger partial charge in [-0.1, -0.05) is 12.2 Å². The molecule has 0 aromatic heterocycles. The van der Waals surface area contributed by atoms with Crippen LogP contribution in [-0.2, 0) is 0 Å². The SMILES string of the molecule is CNCC1CC=CCN1O. The molecule has 3 heteroatoms. The summed E-state index contributed by atoms with van der Waals surface area (Å²) in [6, 6.07) is 0.259. The van der Waals surface area contributed by atoms with Crippen LogP contribution in [0.15, 0.2) is 12.2 Å². The zero-order valence-electron chi connectivity index (χ0n) is 6.25. The molecule has 1 rings (SSSR count). The number of likely N-dealkylation sites (N-methyl/N-ethyl adjacent to an activating group) is 1. The van der Waals surface area contributed by atoms with Crippen LogP contribution >= 0.6 is 0 Å². The predicted molar refractivity (Wildman–Crippen MR) is 40.0 cm³/mol. The number of nitrogens with one attached hydrogen (secondary N) is 1. The van der Waals surface area contributed by atoms with Crippen LogP contribution in [0, 0.1) is 0 Å². The van der Waals surface area contributed by atoms with Gasteiger partial charge in [0.1, 0.15) is 0 Å². The molecule has 0 radical (unpaired) electrons. The molecule has 0 fully saturated rings. The first-order valence-electron chi connectivity index (χ1n) is 3.59. The van der Waals surface area contributed by atoms with Crippen molar-refractivity contribution in [1.82, 2.24) is 10.4 Å². The summed E-state index contributed by atoms with van der Waals surface area (Å²) in [6.07, 6.45) is 5.03. The highest BCUT2D eigenvalue weighted by molar-refractivity contribution is 4.93. The fraction of sp³-hybridized carbons (Fsp3) is 0.714. The number of hydrogen-bond donors (Lipinski definition) is 2. The van der Waals surface area contributed by atoms with Crippen LogP contribution in [0.3, 0.4) is 0 Å². The Kier molecular flexibility index (Phi) is 2.86. The quantitative estimate of drug-likeness (QED) is 0.542. The highest BCUT2D eigenvalue weighted by Crippen LogP contribution is 2.06. The summed E-state index contributed by atoms with van der Waals surface area (Å²) in [4.78, 5) is 0. The summed E-state index contributed by atoms with van der Waals surface area (Å²) in [6.45, 7) is 1.51. The van der Waals surface area contributed by atoms with Crippen LogP contribution in [0.2, 0.25) is 0 Å². The molecule has 1 atom stereocenters. The summed E-state index contributed by atoms with van der Waals surface area (Å²) >= 11 is 0. The van der Waals surface area contributed by atoms with Crippen LogP contribution < -0.4 is 5.32 Å². The van der Waals surface area contributed by atoms with Crippen molar-refractivity contribution in [3.63, 3.8) is 0 Å². The van der Waals surface area contributed by atoms with E-state index in [9.17, 15) is 5.21 Å². The minimum absolute atomic E-state index is 0.259. The molecule has 0 aromatic rings. The molecule has 10 heavy (non-hydrogen) atoms. The lowest BCUT2D eigenvalue weighted by Gasteiger charge is -2.26. The molecular formula is C7H14N2O. The summed E-state index contributed by atoms with van der Waals surface area (Å²) in [7, 11) is 1.90. The first-order valence-corrected chi connectivity index (χ1v) is 3.59. The standard InChI is InChI=1S/C7H14N2O/c1-8-6-7-4-2-3-5-9(7)10/h2-3,7-8,10H,4-6H2,1H3. The molecule has 0 aliphatic carbocycles. The third-order valence-electron chi connectivity index (χ3n) is 1.73. The summed E-state index contributed by atoms with van der Waals surface area (Å²) in [5.41, 5.74) is 0. The molecule has 2 N–H and O–H groups in total. The van der Waals surface area contributed by atoms with Gasteiger partial charge in [0.25, 0.3) is 0 Å². The van der Waals surface area contributed by atoms with E-state index in [2.05, 4.69) is 11.4 Å². The van der Waals surface area contributed by atoms with Gasteiger partial charge >= 0.3 is 0 Å². The molecule has 0 spiro atoms. The molecule has 1 aliphatic heterocycles. The van der Waals surface area contributed by atoms with E-state index in [1.807, 2.05) is 13.1 Å². The Morgan fingerprint density at radius 1 is 1.70 bits per heavy atom. The third-order valence-corrected chi connectivity index (χ3v) is 1.73. The monoisotopic (exact) mass is 142 g/mol. The number of hydroxylamine groups is 2. The van der Waals surface area contributed by atoms with Crippen molar-refractivity contribution in [1.29, 1.82) is 0 Å². The van der Waals surface area contributed by atoms with E-state index in [-0.39, 0.29) is 6.04 Å². The maximum absolute atomic E-state index is 9.24. The summed E-state index contributed by atoms with van der Waals surface area (Å²) < 4.78 is 0. The van der Waals surface area contributed by atoms with Crippen molar-refractivity contribution in [2.24, 2.45) is 0 Å². The molecule has 1 heterocycles. The van der Waals surface area contributed by atoms with Crippen molar-refractivity contribution in [3.8, 4) is 0 Å². The number of nitrogens with zero attached hydrogens (tertiary/aromatic N) is 1. The maximum Gasteiger partial charge on any atom is 0.0512 e. The highest BCUT2D eigenvalue weighted by Gasteiger charge is 2.15. The molecule has 1 aliphatic rings. The smallest absolute Gasteiger partial charge is 0.0512 e. The van der Waals surface area contributed by atoms with Crippen LogP contribution in [0.25, 0.3) is 0 Å². The second-order valence-corrected chi connectivity index (χ2v) is 2.54. The Labute approximate surface area is 61.3 Å². The molecular weight excluding hydrogens is 128 g/mol. The van der Waals surface area contributed by atoms with Gasteiger partial charge in [-0.15, -0.1) is 0 Å². The van der Waals surface area contributed by atoms with Gasteiger partial charge in [-0.3, -0.25) is 0 Å². The van der Waals surface area contributed by atoms with E-state index in [4.69, 9.17) is 0 Å². The summed E-state index contributed by atoms with van der Waals surface area (Å²) in [5.74, 6) is 0. The molecule has 1 unspecified atom stereocenters. The fourth-order valence-corrected chi connectivity index (χ4v) is 1.13.